The summed E-state index contributed by atoms with van der Waals surface area (Å²) in [6.45, 7) is 5.51. The molecule has 0 unspecified atom stereocenters. The Morgan fingerprint density at radius 1 is 1.19 bits per heavy atom. The summed E-state index contributed by atoms with van der Waals surface area (Å²) < 4.78 is 30.2. The van der Waals surface area contributed by atoms with Crippen molar-refractivity contribution >= 4 is 37.5 Å². The topological polar surface area (TPSA) is 71.7 Å². The summed E-state index contributed by atoms with van der Waals surface area (Å²) in [4.78, 5) is 17.8. The Bertz CT molecular complexity index is 1370. The summed E-state index contributed by atoms with van der Waals surface area (Å²) in [5.74, 6) is 2.72. The summed E-state index contributed by atoms with van der Waals surface area (Å²) in [6, 6.07) is 12.0. The first kappa shape index (κ1) is 22.5. The number of benzene rings is 2. The van der Waals surface area contributed by atoms with Crippen molar-refractivity contribution < 1.29 is 13.2 Å². The first-order chi connectivity index (χ1) is 15.3. The van der Waals surface area contributed by atoms with Gasteiger partial charge in [0.05, 0.1) is 21.7 Å². The molecule has 0 radical (unpaired) electrons. The third-order valence-corrected chi connectivity index (χ3v) is 8.72. The molecule has 4 rings (SSSR count). The summed E-state index contributed by atoms with van der Waals surface area (Å²) in [7, 11) is -3.56. The number of rotatable bonds is 4. The molecule has 2 heterocycles. The molecular formula is C24H25N3O3S2. The van der Waals surface area contributed by atoms with Crippen LogP contribution in [-0.2, 0) is 16.6 Å². The lowest BCUT2D eigenvalue weighted by molar-refractivity contribution is 0.0998. The van der Waals surface area contributed by atoms with Crippen LogP contribution >= 0.6 is 11.3 Å². The van der Waals surface area contributed by atoms with E-state index in [0.717, 1.165) is 28.6 Å². The molecule has 8 heteroatoms. The minimum atomic E-state index is -3.56. The van der Waals surface area contributed by atoms with Gasteiger partial charge in [-0.3, -0.25) is 4.79 Å². The Hall–Kier alpha value is -2.73. The predicted octanol–water partition coefficient (Wildman–Crippen LogP) is 3.81. The second-order valence-electron chi connectivity index (χ2n) is 8.17. The Morgan fingerprint density at radius 2 is 1.88 bits per heavy atom. The smallest absolute Gasteiger partial charge is 0.279 e. The van der Waals surface area contributed by atoms with Gasteiger partial charge in [0.2, 0.25) is 10.0 Å². The van der Waals surface area contributed by atoms with Crippen LogP contribution in [0, 0.1) is 25.2 Å². The Balaban J connectivity index is 1.63. The number of hydrogen-bond donors (Lipinski definition) is 0. The Morgan fingerprint density at radius 3 is 2.53 bits per heavy atom. The van der Waals surface area contributed by atoms with Gasteiger partial charge in [-0.2, -0.15) is 9.30 Å². The molecule has 1 aliphatic heterocycles. The number of aromatic nitrogens is 1. The number of carbonyl (C=O) groups is 1. The van der Waals surface area contributed by atoms with Gasteiger partial charge in [0.1, 0.15) is 0 Å². The van der Waals surface area contributed by atoms with Gasteiger partial charge >= 0.3 is 0 Å². The zero-order chi connectivity index (χ0) is 22.9. The monoisotopic (exact) mass is 467 g/mol. The van der Waals surface area contributed by atoms with Gasteiger partial charge in [-0.05, 0) is 67.6 Å². The Kier molecular flexibility index (Phi) is 6.33. The molecule has 32 heavy (non-hydrogen) atoms. The quantitative estimate of drug-likeness (QED) is 0.548. The van der Waals surface area contributed by atoms with Crippen LogP contribution in [0.4, 0.5) is 0 Å². The zero-order valence-corrected chi connectivity index (χ0v) is 19.7. The summed E-state index contributed by atoms with van der Waals surface area (Å²) >= 11 is 1.40. The molecule has 0 bridgehead atoms. The van der Waals surface area contributed by atoms with Crippen LogP contribution < -0.4 is 4.80 Å². The molecule has 166 valence electrons. The molecule has 3 aromatic rings. The molecule has 0 aliphatic carbocycles. The van der Waals surface area contributed by atoms with Crippen LogP contribution in [0.2, 0.25) is 0 Å². The zero-order valence-electron chi connectivity index (χ0n) is 18.1. The van der Waals surface area contributed by atoms with E-state index in [4.69, 9.17) is 6.42 Å². The van der Waals surface area contributed by atoms with Crippen LogP contribution in [0.15, 0.2) is 52.4 Å². The number of carbonyl (C=O) groups excluding carboxylic acids is 1. The van der Waals surface area contributed by atoms with Crippen LogP contribution in [-0.4, -0.2) is 36.3 Å². The molecule has 1 amide bonds. The molecule has 6 nitrogen and oxygen atoms in total. The van der Waals surface area contributed by atoms with Gasteiger partial charge < -0.3 is 4.57 Å². The number of hydrogen-bond acceptors (Lipinski definition) is 4. The molecule has 1 aliphatic rings. The highest BCUT2D eigenvalue weighted by atomic mass is 32.2. The second-order valence-corrected chi connectivity index (χ2v) is 11.1. The van der Waals surface area contributed by atoms with E-state index in [9.17, 15) is 13.2 Å². The van der Waals surface area contributed by atoms with E-state index >= 15 is 0 Å². The first-order valence-electron chi connectivity index (χ1n) is 10.5. The fourth-order valence-corrected chi connectivity index (χ4v) is 6.40. The van der Waals surface area contributed by atoms with Crippen LogP contribution in [0.3, 0.4) is 0 Å². The van der Waals surface area contributed by atoms with E-state index < -0.39 is 15.9 Å². The van der Waals surface area contributed by atoms with E-state index in [1.54, 1.807) is 0 Å². The minimum Gasteiger partial charge on any atom is -0.305 e. The van der Waals surface area contributed by atoms with Crippen LogP contribution in [0.25, 0.3) is 10.2 Å². The van der Waals surface area contributed by atoms with Gasteiger partial charge in [-0.15, -0.1) is 6.42 Å². The van der Waals surface area contributed by atoms with Crippen molar-refractivity contribution in [2.75, 3.05) is 13.1 Å². The molecular weight excluding hydrogens is 442 g/mol. The van der Waals surface area contributed by atoms with E-state index in [1.807, 2.05) is 29.7 Å². The van der Waals surface area contributed by atoms with Crippen LogP contribution in [0.5, 0.6) is 0 Å². The highest BCUT2D eigenvalue weighted by Gasteiger charge is 2.28. The third kappa shape index (κ3) is 4.42. The number of amides is 1. The largest absolute Gasteiger partial charge is 0.305 e. The number of thiazole rings is 1. The first-order valence-corrected chi connectivity index (χ1v) is 12.8. The van der Waals surface area contributed by atoms with E-state index in [-0.39, 0.29) is 4.90 Å². The number of piperidine rings is 1. The molecule has 1 saturated heterocycles. The van der Waals surface area contributed by atoms with Crippen molar-refractivity contribution in [2.24, 2.45) is 10.9 Å². The van der Waals surface area contributed by atoms with Gasteiger partial charge in [0, 0.05) is 18.7 Å². The number of aryl methyl sites for hydroxylation is 1. The molecule has 0 saturated carbocycles. The lowest BCUT2D eigenvalue weighted by atomic mass is 10.0. The molecule has 2 aromatic carbocycles. The fourth-order valence-electron chi connectivity index (χ4n) is 3.81. The molecule has 0 atom stereocenters. The highest BCUT2D eigenvalue weighted by Crippen LogP contribution is 2.24. The van der Waals surface area contributed by atoms with Crippen molar-refractivity contribution in [1.82, 2.24) is 8.87 Å². The average molecular weight is 468 g/mol. The third-order valence-electron chi connectivity index (χ3n) is 5.77. The van der Waals surface area contributed by atoms with Gasteiger partial charge in [-0.1, -0.05) is 30.2 Å². The van der Waals surface area contributed by atoms with E-state index in [2.05, 4.69) is 17.8 Å². The van der Waals surface area contributed by atoms with Crippen molar-refractivity contribution in [3.05, 3.63) is 58.4 Å². The highest BCUT2D eigenvalue weighted by molar-refractivity contribution is 7.89. The number of nitrogens with zero attached hydrogens (tertiary/aromatic N) is 3. The average Bonchev–Trinajstić information content (AvgIpc) is 3.10. The number of sulfonamides is 1. The van der Waals surface area contributed by atoms with Crippen LogP contribution in [0.1, 0.15) is 35.7 Å². The van der Waals surface area contributed by atoms with Gasteiger partial charge in [-0.25, -0.2) is 8.42 Å². The minimum absolute atomic E-state index is 0.198. The summed E-state index contributed by atoms with van der Waals surface area (Å²) in [6.07, 6.45) is 7.25. The number of terminal acetylenes is 1. The van der Waals surface area contributed by atoms with Crippen molar-refractivity contribution in [2.45, 2.75) is 38.1 Å². The second kappa shape index (κ2) is 9.02. The predicted molar refractivity (Wildman–Crippen MR) is 127 cm³/mol. The maximum atomic E-state index is 12.9. The normalized spacial score (nSPS) is 16.3. The standard InChI is InChI=1S/C24H25N3O3S2/c1-4-13-27-21-10-5-18(3)16-22(21)31-24(27)25-23(28)19-6-8-20(9-7-19)32(29,30)26-14-11-17(2)12-15-26/h1,5-10,16-17H,11-15H2,2-3H3. The van der Waals surface area contributed by atoms with E-state index in [1.165, 1.54) is 39.9 Å². The summed E-state index contributed by atoms with van der Waals surface area (Å²) in [5.41, 5.74) is 2.38. The van der Waals surface area contributed by atoms with Crippen molar-refractivity contribution in [1.29, 1.82) is 0 Å². The lowest BCUT2D eigenvalue weighted by Gasteiger charge is -2.29. The van der Waals surface area contributed by atoms with Gasteiger partial charge in [0.25, 0.3) is 5.91 Å². The maximum absolute atomic E-state index is 12.9. The molecule has 0 spiro atoms. The molecule has 1 fully saturated rings. The fraction of sp³-hybridized carbons (Fsp3) is 0.333. The lowest BCUT2D eigenvalue weighted by Crippen LogP contribution is -2.37. The van der Waals surface area contributed by atoms with Gasteiger partial charge in [0.15, 0.2) is 4.80 Å². The van der Waals surface area contributed by atoms with E-state index in [0.29, 0.717) is 35.9 Å². The maximum Gasteiger partial charge on any atom is 0.279 e. The van der Waals surface area contributed by atoms with Crippen molar-refractivity contribution in [3.63, 3.8) is 0 Å². The number of fused-ring (bicyclic) bond motifs is 1. The SMILES string of the molecule is C#CCn1c(=NC(=O)c2ccc(S(=O)(=O)N3CCC(C)CC3)cc2)sc2cc(C)ccc21. The van der Waals surface area contributed by atoms with Crippen molar-refractivity contribution in [3.8, 4) is 12.3 Å². The molecule has 1 aromatic heterocycles. The summed E-state index contributed by atoms with van der Waals surface area (Å²) in [5, 5.41) is 0. The molecule has 0 N–H and O–H groups in total. The Labute approximate surface area is 192 Å².